The number of nitrogens with two attached hydrogens (primary N) is 1. The van der Waals surface area contributed by atoms with E-state index in [9.17, 15) is 0 Å². The maximum atomic E-state index is 6.37. The lowest BCUT2D eigenvalue weighted by atomic mass is 9.70. The molecule has 3 N–H and O–H groups in total. The Labute approximate surface area is 83.5 Å². The lowest BCUT2D eigenvalue weighted by Gasteiger charge is -2.39. The van der Waals surface area contributed by atoms with Gasteiger partial charge in [0.05, 0.1) is 5.54 Å². The van der Waals surface area contributed by atoms with Crippen LogP contribution in [0.1, 0.15) is 38.9 Å². The third-order valence-corrected chi connectivity index (χ3v) is 3.42. The summed E-state index contributed by atoms with van der Waals surface area (Å²) in [5.74, 6) is 1.74. The van der Waals surface area contributed by atoms with Crippen molar-refractivity contribution in [3.8, 4) is 0 Å². The first-order valence-corrected chi connectivity index (χ1v) is 5.15. The molecule has 0 bridgehead atoms. The molecular formula is C9H17N5. The third-order valence-electron chi connectivity index (χ3n) is 3.42. The molecule has 1 aliphatic rings. The summed E-state index contributed by atoms with van der Waals surface area (Å²) in [6, 6.07) is 0. The molecule has 1 aromatic heterocycles. The summed E-state index contributed by atoms with van der Waals surface area (Å²) in [5.41, 5.74) is 5.99. The molecule has 2 rings (SSSR count). The fourth-order valence-corrected chi connectivity index (χ4v) is 2.34. The van der Waals surface area contributed by atoms with Crippen LogP contribution in [-0.2, 0) is 5.54 Å². The largest absolute Gasteiger partial charge is 0.318 e. The molecule has 0 spiro atoms. The standard InChI is InChI=1S/C9H17N5/c1-6-3-4-7(2)9(10,5-6)8-11-13-14-12-8/h6-7H,3-5,10H2,1-2H3,(H,11,12,13,14). The van der Waals surface area contributed by atoms with Gasteiger partial charge in [0.1, 0.15) is 0 Å². The summed E-state index contributed by atoms with van der Waals surface area (Å²) < 4.78 is 0. The number of aromatic amines is 1. The Kier molecular flexibility index (Phi) is 2.26. The molecule has 78 valence electrons. The SMILES string of the molecule is CC1CCC(C)C(N)(c2nn[nH]n2)C1. The Balaban J connectivity index is 2.28. The average molecular weight is 195 g/mol. The smallest absolute Gasteiger partial charge is 0.194 e. The van der Waals surface area contributed by atoms with Crippen molar-refractivity contribution in [1.82, 2.24) is 20.6 Å². The van der Waals surface area contributed by atoms with Crippen molar-refractivity contribution in [2.75, 3.05) is 0 Å². The van der Waals surface area contributed by atoms with Crippen LogP contribution in [0.25, 0.3) is 0 Å². The molecule has 1 fully saturated rings. The Morgan fingerprint density at radius 2 is 2.21 bits per heavy atom. The Morgan fingerprint density at radius 1 is 1.43 bits per heavy atom. The molecule has 0 radical (unpaired) electrons. The van der Waals surface area contributed by atoms with Crippen molar-refractivity contribution in [2.45, 2.75) is 38.6 Å². The zero-order chi connectivity index (χ0) is 10.2. The van der Waals surface area contributed by atoms with E-state index >= 15 is 0 Å². The van der Waals surface area contributed by atoms with E-state index in [0.717, 1.165) is 12.8 Å². The van der Waals surface area contributed by atoms with Crippen molar-refractivity contribution in [3.63, 3.8) is 0 Å². The van der Waals surface area contributed by atoms with Gasteiger partial charge in [0.15, 0.2) is 5.82 Å². The summed E-state index contributed by atoms with van der Waals surface area (Å²) >= 11 is 0. The molecule has 1 saturated carbocycles. The Bertz CT molecular complexity index is 296. The number of tetrazole rings is 1. The summed E-state index contributed by atoms with van der Waals surface area (Å²) in [5, 5.41) is 14.1. The normalized spacial score (nSPS) is 38.5. The van der Waals surface area contributed by atoms with Gasteiger partial charge in [0.25, 0.3) is 0 Å². The zero-order valence-electron chi connectivity index (χ0n) is 8.70. The summed E-state index contributed by atoms with van der Waals surface area (Å²) in [7, 11) is 0. The van der Waals surface area contributed by atoms with E-state index in [0.29, 0.717) is 17.7 Å². The van der Waals surface area contributed by atoms with E-state index in [2.05, 4.69) is 34.5 Å². The van der Waals surface area contributed by atoms with Crippen molar-refractivity contribution in [2.24, 2.45) is 17.6 Å². The molecule has 1 heterocycles. The first-order valence-electron chi connectivity index (χ1n) is 5.15. The van der Waals surface area contributed by atoms with Crippen molar-refractivity contribution >= 4 is 0 Å². The summed E-state index contributed by atoms with van der Waals surface area (Å²) in [6.07, 6.45) is 3.35. The van der Waals surface area contributed by atoms with Gasteiger partial charge in [-0.3, -0.25) is 0 Å². The number of nitrogens with one attached hydrogen (secondary N) is 1. The second-order valence-corrected chi connectivity index (χ2v) is 4.56. The number of nitrogens with zero attached hydrogens (tertiary/aromatic N) is 3. The zero-order valence-corrected chi connectivity index (χ0v) is 8.70. The van der Waals surface area contributed by atoms with E-state index in [-0.39, 0.29) is 5.54 Å². The molecule has 3 unspecified atom stereocenters. The van der Waals surface area contributed by atoms with E-state index in [1.54, 1.807) is 0 Å². The average Bonchev–Trinajstić information content (AvgIpc) is 2.65. The van der Waals surface area contributed by atoms with Crippen LogP contribution < -0.4 is 5.73 Å². The first kappa shape index (κ1) is 9.58. The molecule has 5 nitrogen and oxygen atoms in total. The van der Waals surface area contributed by atoms with E-state index in [4.69, 9.17) is 5.73 Å². The van der Waals surface area contributed by atoms with Crippen LogP contribution in [0.4, 0.5) is 0 Å². The quantitative estimate of drug-likeness (QED) is 0.695. The number of rotatable bonds is 1. The van der Waals surface area contributed by atoms with E-state index in [1.165, 1.54) is 6.42 Å². The highest BCUT2D eigenvalue weighted by molar-refractivity contribution is 5.06. The first-order chi connectivity index (χ1) is 6.63. The van der Waals surface area contributed by atoms with Gasteiger partial charge in [0.2, 0.25) is 0 Å². The van der Waals surface area contributed by atoms with E-state index < -0.39 is 0 Å². The number of aromatic nitrogens is 4. The molecule has 0 saturated heterocycles. The van der Waals surface area contributed by atoms with Gasteiger partial charge >= 0.3 is 0 Å². The number of H-pyrrole nitrogens is 1. The highest BCUT2D eigenvalue weighted by atomic mass is 15.5. The lowest BCUT2D eigenvalue weighted by molar-refractivity contribution is 0.152. The fourth-order valence-electron chi connectivity index (χ4n) is 2.34. The number of hydrogen-bond donors (Lipinski definition) is 2. The van der Waals surface area contributed by atoms with Gasteiger partial charge in [-0.1, -0.05) is 25.5 Å². The van der Waals surface area contributed by atoms with Crippen molar-refractivity contribution in [1.29, 1.82) is 0 Å². The molecule has 1 aliphatic carbocycles. The van der Waals surface area contributed by atoms with Gasteiger partial charge < -0.3 is 5.73 Å². The maximum absolute atomic E-state index is 6.37. The van der Waals surface area contributed by atoms with Crippen LogP contribution in [0.15, 0.2) is 0 Å². The summed E-state index contributed by atoms with van der Waals surface area (Å²) in [6.45, 7) is 4.40. The molecule has 1 aromatic rings. The van der Waals surface area contributed by atoms with Gasteiger partial charge in [0, 0.05) is 0 Å². The predicted molar refractivity (Wildman–Crippen MR) is 52.2 cm³/mol. The molecule has 14 heavy (non-hydrogen) atoms. The minimum Gasteiger partial charge on any atom is -0.318 e. The molecular weight excluding hydrogens is 178 g/mol. The van der Waals surface area contributed by atoms with E-state index in [1.807, 2.05) is 0 Å². The minimum atomic E-state index is -0.384. The monoisotopic (exact) mass is 195 g/mol. The predicted octanol–water partition coefficient (Wildman–Crippen LogP) is 0.810. The maximum Gasteiger partial charge on any atom is 0.194 e. The summed E-state index contributed by atoms with van der Waals surface area (Å²) in [4.78, 5) is 0. The topological polar surface area (TPSA) is 80.5 Å². The third kappa shape index (κ3) is 1.41. The molecule has 0 aromatic carbocycles. The van der Waals surface area contributed by atoms with Gasteiger partial charge in [-0.25, -0.2) is 0 Å². The molecule has 0 amide bonds. The molecule has 5 heteroatoms. The van der Waals surface area contributed by atoms with Crippen LogP contribution in [0.2, 0.25) is 0 Å². The molecule has 3 atom stereocenters. The van der Waals surface area contributed by atoms with Gasteiger partial charge in [-0.05, 0) is 24.7 Å². The minimum absolute atomic E-state index is 0.384. The van der Waals surface area contributed by atoms with Gasteiger partial charge in [-0.15, -0.1) is 10.2 Å². The van der Waals surface area contributed by atoms with Crippen LogP contribution in [0, 0.1) is 11.8 Å². The van der Waals surface area contributed by atoms with Crippen molar-refractivity contribution < 1.29 is 0 Å². The second-order valence-electron chi connectivity index (χ2n) is 4.56. The Hall–Kier alpha value is -0.970. The Morgan fingerprint density at radius 3 is 2.86 bits per heavy atom. The van der Waals surface area contributed by atoms with Crippen LogP contribution in [-0.4, -0.2) is 20.6 Å². The van der Waals surface area contributed by atoms with Crippen LogP contribution in [0.3, 0.4) is 0 Å². The molecule has 0 aliphatic heterocycles. The van der Waals surface area contributed by atoms with Crippen LogP contribution in [0.5, 0.6) is 0 Å². The highest BCUT2D eigenvalue weighted by Crippen LogP contribution is 2.40. The second kappa shape index (κ2) is 3.31. The fraction of sp³-hybridized carbons (Fsp3) is 0.889. The van der Waals surface area contributed by atoms with Crippen LogP contribution >= 0.6 is 0 Å². The number of hydrogen-bond acceptors (Lipinski definition) is 4. The van der Waals surface area contributed by atoms with Gasteiger partial charge in [-0.2, -0.15) is 5.21 Å². The lowest BCUT2D eigenvalue weighted by Crippen LogP contribution is -2.48. The highest BCUT2D eigenvalue weighted by Gasteiger charge is 2.41. The van der Waals surface area contributed by atoms with Crippen molar-refractivity contribution in [3.05, 3.63) is 5.82 Å².